The Labute approximate surface area is 113 Å². The van der Waals surface area contributed by atoms with E-state index in [1.54, 1.807) is 0 Å². The number of halogens is 3. The number of hydrogen-bond donors (Lipinski definition) is 1. The molecule has 2 N–H and O–H groups in total. The van der Waals surface area contributed by atoms with E-state index in [-0.39, 0.29) is 5.88 Å². The van der Waals surface area contributed by atoms with Crippen molar-refractivity contribution in [2.75, 3.05) is 7.11 Å². The lowest BCUT2D eigenvalue weighted by Gasteiger charge is -2.14. The quantitative estimate of drug-likeness (QED) is 0.940. The summed E-state index contributed by atoms with van der Waals surface area (Å²) < 4.78 is 42.5. The summed E-state index contributed by atoms with van der Waals surface area (Å²) in [4.78, 5) is 8.02. The van der Waals surface area contributed by atoms with E-state index < -0.39 is 17.8 Å². The van der Waals surface area contributed by atoms with Gasteiger partial charge in [-0.1, -0.05) is 12.1 Å². The lowest BCUT2D eigenvalue weighted by molar-refractivity contribution is -0.137. The highest BCUT2D eigenvalue weighted by Gasteiger charge is 2.30. The standard InChI is InChI=1S/C13H12F3N3O/c1-20-12-11(18-6-7-19-12)10(17)8-2-4-9(5-3-8)13(14,15)16/h2-7,10H,17H2,1H3. The van der Waals surface area contributed by atoms with E-state index in [9.17, 15) is 13.2 Å². The molecule has 2 aromatic rings. The third kappa shape index (κ3) is 2.88. The van der Waals surface area contributed by atoms with E-state index in [0.717, 1.165) is 12.1 Å². The number of nitrogens with zero attached hydrogens (tertiary/aromatic N) is 2. The van der Waals surface area contributed by atoms with Crippen molar-refractivity contribution in [3.63, 3.8) is 0 Å². The SMILES string of the molecule is COc1nccnc1C(N)c1ccc(C(F)(F)F)cc1. The molecule has 0 radical (unpaired) electrons. The van der Waals surface area contributed by atoms with Gasteiger partial charge in [0.05, 0.1) is 18.7 Å². The van der Waals surface area contributed by atoms with Crippen molar-refractivity contribution in [2.24, 2.45) is 5.73 Å². The van der Waals surface area contributed by atoms with Crippen LogP contribution in [0.4, 0.5) is 13.2 Å². The molecule has 1 aromatic heterocycles. The fourth-order valence-corrected chi connectivity index (χ4v) is 1.74. The number of benzene rings is 1. The van der Waals surface area contributed by atoms with Crippen LogP contribution in [0.3, 0.4) is 0 Å². The minimum atomic E-state index is -4.37. The first-order valence-electron chi connectivity index (χ1n) is 5.71. The summed E-state index contributed by atoms with van der Waals surface area (Å²) >= 11 is 0. The Kier molecular flexibility index (Phi) is 3.89. The molecule has 20 heavy (non-hydrogen) atoms. The van der Waals surface area contributed by atoms with Gasteiger partial charge in [0.25, 0.3) is 0 Å². The summed E-state index contributed by atoms with van der Waals surface area (Å²) in [5, 5.41) is 0. The number of nitrogens with two attached hydrogens (primary N) is 1. The first-order chi connectivity index (χ1) is 9.43. The molecule has 0 aliphatic carbocycles. The van der Waals surface area contributed by atoms with Crippen molar-refractivity contribution in [1.29, 1.82) is 0 Å². The molecule has 0 saturated carbocycles. The van der Waals surface area contributed by atoms with E-state index >= 15 is 0 Å². The molecule has 7 heteroatoms. The highest BCUT2D eigenvalue weighted by Crippen LogP contribution is 2.31. The summed E-state index contributed by atoms with van der Waals surface area (Å²) in [5.74, 6) is 0.250. The third-order valence-corrected chi connectivity index (χ3v) is 2.78. The van der Waals surface area contributed by atoms with Gasteiger partial charge in [0.2, 0.25) is 5.88 Å². The van der Waals surface area contributed by atoms with Gasteiger partial charge in [-0.2, -0.15) is 13.2 Å². The lowest BCUT2D eigenvalue weighted by atomic mass is 10.0. The Morgan fingerprint density at radius 1 is 1.10 bits per heavy atom. The average Bonchev–Trinajstić information content (AvgIpc) is 2.45. The summed E-state index contributed by atoms with van der Waals surface area (Å²) in [6.45, 7) is 0. The molecule has 1 heterocycles. The highest BCUT2D eigenvalue weighted by atomic mass is 19.4. The van der Waals surface area contributed by atoms with Crippen LogP contribution in [0.1, 0.15) is 22.9 Å². The van der Waals surface area contributed by atoms with Crippen molar-refractivity contribution in [3.05, 3.63) is 53.5 Å². The van der Waals surface area contributed by atoms with Crippen LogP contribution in [-0.2, 0) is 6.18 Å². The molecule has 1 aromatic carbocycles. The fourth-order valence-electron chi connectivity index (χ4n) is 1.74. The molecule has 0 bridgehead atoms. The van der Waals surface area contributed by atoms with Crippen molar-refractivity contribution >= 4 is 0 Å². The highest BCUT2D eigenvalue weighted by molar-refractivity contribution is 5.34. The van der Waals surface area contributed by atoms with Gasteiger partial charge in [-0.25, -0.2) is 4.98 Å². The third-order valence-electron chi connectivity index (χ3n) is 2.78. The zero-order valence-corrected chi connectivity index (χ0v) is 10.6. The summed E-state index contributed by atoms with van der Waals surface area (Å²) in [6, 6.07) is 3.90. The first kappa shape index (κ1) is 14.3. The Morgan fingerprint density at radius 2 is 1.70 bits per heavy atom. The number of methoxy groups -OCH3 is 1. The fraction of sp³-hybridized carbons (Fsp3) is 0.231. The van der Waals surface area contributed by atoms with Gasteiger partial charge < -0.3 is 10.5 Å². The van der Waals surface area contributed by atoms with Crippen molar-refractivity contribution in [3.8, 4) is 5.88 Å². The summed E-state index contributed by atoms with van der Waals surface area (Å²) in [7, 11) is 1.42. The number of alkyl halides is 3. The minimum absolute atomic E-state index is 0.250. The number of hydrogen-bond acceptors (Lipinski definition) is 4. The minimum Gasteiger partial charge on any atom is -0.480 e. The van der Waals surface area contributed by atoms with Gasteiger partial charge in [0, 0.05) is 12.4 Å². The van der Waals surface area contributed by atoms with E-state index in [4.69, 9.17) is 10.5 Å². The van der Waals surface area contributed by atoms with E-state index in [1.165, 1.54) is 31.6 Å². The van der Waals surface area contributed by atoms with Gasteiger partial charge in [-0.05, 0) is 17.7 Å². The maximum absolute atomic E-state index is 12.5. The van der Waals surface area contributed by atoms with Gasteiger partial charge in [0.1, 0.15) is 5.69 Å². The zero-order chi connectivity index (χ0) is 14.8. The second-order valence-electron chi connectivity index (χ2n) is 4.05. The zero-order valence-electron chi connectivity index (χ0n) is 10.6. The second kappa shape index (κ2) is 5.46. The molecule has 0 aliphatic rings. The molecule has 1 atom stereocenters. The number of ether oxygens (including phenoxy) is 1. The van der Waals surface area contributed by atoms with E-state index in [1.807, 2.05) is 0 Å². The smallest absolute Gasteiger partial charge is 0.416 e. The van der Waals surface area contributed by atoms with Crippen LogP contribution in [-0.4, -0.2) is 17.1 Å². The molecule has 2 rings (SSSR count). The van der Waals surface area contributed by atoms with Crippen LogP contribution in [0.25, 0.3) is 0 Å². The van der Waals surface area contributed by atoms with Crippen LogP contribution >= 0.6 is 0 Å². The van der Waals surface area contributed by atoms with Gasteiger partial charge in [0.15, 0.2) is 0 Å². The van der Waals surface area contributed by atoms with Gasteiger partial charge in [-0.3, -0.25) is 4.98 Å². The molecule has 106 valence electrons. The van der Waals surface area contributed by atoms with Gasteiger partial charge >= 0.3 is 6.18 Å². The number of rotatable bonds is 3. The Morgan fingerprint density at radius 3 is 2.25 bits per heavy atom. The largest absolute Gasteiger partial charge is 0.480 e. The van der Waals surface area contributed by atoms with E-state index in [2.05, 4.69) is 9.97 Å². The molecule has 1 unspecified atom stereocenters. The van der Waals surface area contributed by atoms with Crippen molar-refractivity contribution < 1.29 is 17.9 Å². The molecule has 0 saturated heterocycles. The Balaban J connectivity index is 2.32. The lowest BCUT2D eigenvalue weighted by Crippen LogP contribution is -2.16. The van der Waals surface area contributed by atoms with Crippen LogP contribution in [0.15, 0.2) is 36.7 Å². The first-order valence-corrected chi connectivity index (χ1v) is 5.71. The number of aromatic nitrogens is 2. The molecule has 0 aliphatic heterocycles. The Bertz CT molecular complexity index is 584. The normalized spacial score (nSPS) is 13.1. The maximum Gasteiger partial charge on any atom is 0.416 e. The maximum atomic E-state index is 12.5. The molecule has 4 nitrogen and oxygen atoms in total. The van der Waals surface area contributed by atoms with Crippen molar-refractivity contribution in [2.45, 2.75) is 12.2 Å². The molecule has 0 spiro atoms. The van der Waals surface area contributed by atoms with Crippen LogP contribution in [0.5, 0.6) is 5.88 Å². The Hall–Kier alpha value is -2.15. The molecule has 0 fully saturated rings. The van der Waals surface area contributed by atoms with Gasteiger partial charge in [-0.15, -0.1) is 0 Å². The van der Waals surface area contributed by atoms with Crippen LogP contribution in [0.2, 0.25) is 0 Å². The molecular formula is C13H12F3N3O. The topological polar surface area (TPSA) is 61.0 Å². The average molecular weight is 283 g/mol. The predicted octanol–water partition coefficient (Wildman–Crippen LogP) is 2.55. The van der Waals surface area contributed by atoms with Crippen LogP contribution in [0, 0.1) is 0 Å². The van der Waals surface area contributed by atoms with E-state index in [0.29, 0.717) is 11.3 Å². The summed E-state index contributed by atoms with van der Waals surface area (Å²) in [6.07, 6.45) is -1.48. The monoisotopic (exact) mass is 283 g/mol. The second-order valence-corrected chi connectivity index (χ2v) is 4.05. The predicted molar refractivity (Wildman–Crippen MR) is 66.1 cm³/mol. The summed E-state index contributed by atoms with van der Waals surface area (Å²) in [5.41, 5.74) is 6.13. The molecule has 0 amide bonds. The van der Waals surface area contributed by atoms with Crippen molar-refractivity contribution in [1.82, 2.24) is 9.97 Å². The molecular weight excluding hydrogens is 271 g/mol. The van der Waals surface area contributed by atoms with Crippen LogP contribution < -0.4 is 10.5 Å².